The summed E-state index contributed by atoms with van der Waals surface area (Å²) in [6.45, 7) is 5.30. The van der Waals surface area contributed by atoms with Crippen LogP contribution in [0.3, 0.4) is 0 Å². The Morgan fingerprint density at radius 2 is 2.00 bits per heavy atom. The number of pyridine rings is 2. The minimum Gasteiger partial charge on any atom is -0.477 e. The third-order valence-electron chi connectivity index (χ3n) is 4.27. The van der Waals surface area contributed by atoms with Crippen molar-refractivity contribution in [2.24, 2.45) is 0 Å². The van der Waals surface area contributed by atoms with Crippen LogP contribution in [0.25, 0.3) is 11.3 Å². The van der Waals surface area contributed by atoms with Crippen molar-refractivity contribution in [3.8, 4) is 17.1 Å². The van der Waals surface area contributed by atoms with Gasteiger partial charge in [0.05, 0.1) is 36.9 Å². The van der Waals surface area contributed by atoms with E-state index in [0.717, 1.165) is 22.4 Å². The van der Waals surface area contributed by atoms with E-state index in [1.807, 2.05) is 51.0 Å². The van der Waals surface area contributed by atoms with Gasteiger partial charge in [-0.2, -0.15) is 0 Å². The molecule has 0 aliphatic heterocycles. The summed E-state index contributed by atoms with van der Waals surface area (Å²) >= 11 is 0. The molecule has 0 atom stereocenters. The highest BCUT2D eigenvalue weighted by Gasteiger charge is 2.16. The third kappa shape index (κ3) is 5.57. The molecule has 0 fully saturated rings. The number of nitrogens with one attached hydrogen (secondary N) is 1. The number of carbonyl (C=O) groups is 1. The molecule has 1 amide bonds. The second-order valence-electron chi connectivity index (χ2n) is 7.15. The van der Waals surface area contributed by atoms with Crippen molar-refractivity contribution < 1.29 is 9.53 Å². The normalized spacial score (nSPS) is 10.8. The fourth-order valence-corrected chi connectivity index (χ4v) is 2.97. The highest BCUT2D eigenvalue weighted by atomic mass is 16.5. The standard InChI is InChI=1S/C22H26N6O2/c1-5-30-20-13-23-12-19(27-20)16-9-17(14-28(3)4)21(25-10-16)22(29)26-11-18-8-15(2)6-7-24-18/h6-10,12-13H,5,11,14H2,1-4H3,(H,26,29). The molecule has 0 saturated carbocycles. The van der Waals surface area contributed by atoms with E-state index in [1.165, 1.54) is 0 Å². The number of aromatic nitrogens is 4. The number of aryl methyl sites for hydroxylation is 1. The van der Waals surface area contributed by atoms with Crippen molar-refractivity contribution in [1.29, 1.82) is 0 Å². The van der Waals surface area contributed by atoms with Crippen LogP contribution in [0.4, 0.5) is 0 Å². The van der Waals surface area contributed by atoms with Crippen LogP contribution in [0.1, 0.15) is 34.2 Å². The van der Waals surface area contributed by atoms with Gasteiger partial charge in [-0.15, -0.1) is 0 Å². The van der Waals surface area contributed by atoms with Crippen LogP contribution in [0.15, 0.2) is 43.0 Å². The molecule has 1 N–H and O–H groups in total. The number of rotatable bonds is 8. The van der Waals surface area contributed by atoms with Crippen molar-refractivity contribution in [1.82, 2.24) is 30.2 Å². The maximum atomic E-state index is 12.8. The zero-order chi connectivity index (χ0) is 21.5. The van der Waals surface area contributed by atoms with Crippen molar-refractivity contribution in [3.63, 3.8) is 0 Å². The molecule has 0 aliphatic rings. The molecule has 0 radical (unpaired) electrons. The zero-order valence-electron chi connectivity index (χ0n) is 17.7. The van der Waals surface area contributed by atoms with Crippen molar-refractivity contribution in [3.05, 3.63) is 65.5 Å². The van der Waals surface area contributed by atoms with Crippen LogP contribution in [0.2, 0.25) is 0 Å². The number of carbonyl (C=O) groups excluding carboxylic acids is 1. The first-order valence-corrected chi connectivity index (χ1v) is 9.75. The predicted octanol–water partition coefficient (Wildman–Crippen LogP) is 2.63. The fraction of sp³-hybridized carbons (Fsp3) is 0.318. The van der Waals surface area contributed by atoms with E-state index in [9.17, 15) is 4.79 Å². The molecule has 8 nitrogen and oxygen atoms in total. The van der Waals surface area contributed by atoms with Gasteiger partial charge in [-0.1, -0.05) is 0 Å². The summed E-state index contributed by atoms with van der Waals surface area (Å²) in [6, 6.07) is 5.79. The highest BCUT2D eigenvalue weighted by molar-refractivity contribution is 5.94. The number of hydrogen-bond donors (Lipinski definition) is 1. The summed E-state index contributed by atoms with van der Waals surface area (Å²) in [5.41, 5.74) is 4.50. The van der Waals surface area contributed by atoms with Gasteiger partial charge in [0.15, 0.2) is 0 Å². The van der Waals surface area contributed by atoms with E-state index in [4.69, 9.17) is 4.74 Å². The molecule has 3 aromatic rings. The van der Waals surface area contributed by atoms with Gasteiger partial charge in [0.1, 0.15) is 5.69 Å². The SMILES string of the molecule is CCOc1cncc(-c2cnc(C(=O)NCc3cc(C)ccn3)c(CN(C)C)c2)n1. The van der Waals surface area contributed by atoms with E-state index in [2.05, 4.69) is 25.3 Å². The Morgan fingerprint density at radius 3 is 2.73 bits per heavy atom. The Hall–Kier alpha value is -3.39. The predicted molar refractivity (Wildman–Crippen MR) is 114 cm³/mol. The summed E-state index contributed by atoms with van der Waals surface area (Å²) in [7, 11) is 3.89. The van der Waals surface area contributed by atoms with Crippen LogP contribution < -0.4 is 10.1 Å². The van der Waals surface area contributed by atoms with Crippen molar-refractivity contribution in [2.75, 3.05) is 20.7 Å². The van der Waals surface area contributed by atoms with E-state index in [0.29, 0.717) is 37.0 Å². The monoisotopic (exact) mass is 406 g/mol. The van der Waals surface area contributed by atoms with Gasteiger partial charge in [-0.25, -0.2) is 4.98 Å². The highest BCUT2D eigenvalue weighted by Crippen LogP contribution is 2.21. The van der Waals surface area contributed by atoms with Crippen LogP contribution in [0, 0.1) is 6.92 Å². The molecule has 0 bridgehead atoms. The summed E-state index contributed by atoms with van der Waals surface area (Å²) < 4.78 is 5.43. The topological polar surface area (TPSA) is 93.1 Å². The lowest BCUT2D eigenvalue weighted by Gasteiger charge is -2.15. The van der Waals surface area contributed by atoms with Crippen molar-refractivity contribution in [2.45, 2.75) is 26.9 Å². The molecule has 30 heavy (non-hydrogen) atoms. The van der Waals surface area contributed by atoms with Crippen LogP contribution in [-0.4, -0.2) is 51.4 Å². The molecule has 0 aromatic carbocycles. The molecular formula is C22H26N6O2. The van der Waals surface area contributed by atoms with Gasteiger partial charge in [0.2, 0.25) is 5.88 Å². The number of hydrogen-bond acceptors (Lipinski definition) is 7. The first kappa shape index (κ1) is 21.3. The number of nitrogens with zero attached hydrogens (tertiary/aromatic N) is 5. The number of ether oxygens (including phenoxy) is 1. The Kier molecular flexibility index (Phi) is 7.03. The molecule has 8 heteroatoms. The number of amides is 1. The lowest BCUT2D eigenvalue weighted by atomic mass is 10.1. The maximum absolute atomic E-state index is 12.8. The molecule has 0 spiro atoms. The van der Waals surface area contributed by atoms with Crippen LogP contribution in [0.5, 0.6) is 5.88 Å². The summed E-state index contributed by atoms with van der Waals surface area (Å²) in [5, 5.41) is 2.91. The fourth-order valence-electron chi connectivity index (χ4n) is 2.97. The Bertz CT molecular complexity index is 1020. The molecule has 0 unspecified atom stereocenters. The molecule has 3 rings (SSSR count). The zero-order valence-corrected chi connectivity index (χ0v) is 17.7. The van der Waals surface area contributed by atoms with E-state index in [1.54, 1.807) is 24.8 Å². The van der Waals surface area contributed by atoms with Crippen molar-refractivity contribution >= 4 is 5.91 Å². The van der Waals surface area contributed by atoms with Crippen LogP contribution >= 0.6 is 0 Å². The smallest absolute Gasteiger partial charge is 0.270 e. The van der Waals surface area contributed by atoms with Crippen LogP contribution in [-0.2, 0) is 13.1 Å². The lowest BCUT2D eigenvalue weighted by molar-refractivity contribution is 0.0943. The molecule has 0 aliphatic carbocycles. The molecule has 3 heterocycles. The largest absolute Gasteiger partial charge is 0.477 e. The molecule has 0 saturated heterocycles. The molecule has 3 aromatic heterocycles. The average molecular weight is 406 g/mol. The van der Waals surface area contributed by atoms with E-state index >= 15 is 0 Å². The van der Waals surface area contributed by atoms with Gasteiger partial charge in [0, 0.05) is 24.5 Å². The maximum Gasteiger partial charge on any atom is 0.270 e. The summed E-state index contributed by atoms with van der Waals surface area (Å²) in [4.78, 5) is 32.2. The van der Waals surface area contributed by atoms with Gasteiger partial charge < -0.3 is 15.0 Å². The van der Waals surface area contributed by atoms with Gasteiger partial charge >= 0.3 is 0 Å². The first-order valence-electron chi connectivity index (χ1n) is 9.75. The molecule has 156 valence electrons. The Labute approximate surface area is 176 Å². The minimum atomic E-state index is -0.240. The van der Waals surface area contributed by atoms with E-state index < -0.39 is 0 Å². The quantitative estimate of drug-likeness (QED) is 0.615. The first-order chi connectivity index (χ1) is 14.5. The Morgan fingerprint density at radius 1 is 1.17 bits per heavy atom. The van der Waals surface area contributed by atoms with Gasteiger partial charge in [0.25, 0.3) is 5.91 Å². The molecular weight excluding hydrogens is 380 g/mol. The van der Waals surface area contributed by atoms with E-state index in [-0.39, 0.29) is 5.91 Å². The average Bonchev–Trinajstić information content (AvgIpc) is 2.72. The lowest BCUT2D eigenvalue weighted by Crippen LogP contribution is -2.27. The third-order valence-corrected chi connectivity index (χ3v) is 4.27. The summed E-state index contributed by atoms with van der Waals surface area (Å²) in [5.74, 6) is 0.215. The van der Waals surface area contributed by atoms with Gasteiger partial charge in [-0.3, -0.25) is 19.7 Å². The second kappa shape index (κ2) is 9.89. The second-order valence-corrected chi connectivity index (χ2v) is 7.15. The summed E-state index contributed by atoms with van der Waals surface area (Å²) in [6.07, 6.45) is 6.60. The van der Waals surface area contributed by atoms with Gasteiger partial charge in [-0.05, 0) is 57.3 Å². The minimum absolute atomic E-state index is 0.240. The Balaban J connectivity index is 1.85.